The molecule has 7 heteroatoms. The van der Waals surface area contributed by atoms with Gasteiger partial charge in [0.05, 0.1) is 30.3 Å². The van der Waals surface area contributed by atoms with Gasteiger partial charge >= 0.3 is 0 Å². The predicted octanol–water partition coefficient (Wildman–Crippen LogP) is 1.10. The highest BCUT2D eigenvalue weighted by molar-refractivity contribution is 7.88. The fourth-order valence-corrected chi connectivity index (χ4v) is 4.00. The number of hydrogen-bond donors (Lipinski definition) is 0. The Hall–Kier alpha value is -1.02. The van der Waals surface area contributed by atoms with Crippen LogP contribution in [0.4, 0.5) is 0 Å². The number of aromatic nitrogens is 1. The second kappa shape index (κ2) is 5.88. The van der Waals surface area contributed by atoms with Gasteiger partial charge in [0.25, 0.3) is 0 Å². The molecule has 0 radical (unpaired) electrons. The van der Waals surface area contributed by atoms with Gasteiger partial charge in [-0.25, -0.2) is 8.42 Å². The Kier molecular flexibility index (Phi) is 4.24. The maximum absolute atomic E-state index is 11.5. The first-order valence-corrected chi connectivity index (χ1v) is 9.34. The summed E-state index contributed by atoms with van der Waals surface area (Å²) in [5.41, 5.74) is 1.55. The van der Waals surface area contributed by atoms with Crippen LogP contribution >= 0.6 is 0 Å². The SMILES string of the molecule is Cc1cccc(CO[C@H]2CCOC3(C2)CN(S(C)(=O)=O)C3)n1. The minimum absolute atomic E-state index is 0.0952. The van der Waals surface area contributed by atoms with Gasteiger partial charge in [-0.1, -0.05) is 6.07 Å². The summed E-state index contributed by atoms with van der Waals surface area (Å²) in [6.07, 6.45) is 2.91. The zero-order valence-electron chi connectivity index (χ0n) is 13.0. The molecule has 1 spiro atoms. The molecule has 1 atom stereocenters. The maximum Gasteiger partial charge on any atom is 0.211 e. The van der Waals surface area contributed by atoms with E-state index in [0.717, 1.165) is 24.2 Å². The van der Waals surface area contributed by atoms with Crippen molar-refractivity contribution in [2.75, 3.05) is 26.0 Å². The van der Waals surface area contributed by atoms with Crippen molar-refractivity contribution in [3.63, 3.8) is 0 Å². The molecule has 1 aromatic rings. The molecule has 0 unspecified atom stereocenters. The monoisotopic (exact) mass is 326 g/mol. The van der Waals surface area contributed by atoms with Crippen molar-refractivity contribution in [1.82, 2.24) is 9.29 Å². The van der Waals surface area contributed by atoms with Crippen LogP contribution in [-0.2, 0) is 26.1 Å². The first-order valence-electron chi connectivity index (χ1n) is 7.50. The number of ether oxygens (including phenoxy) is 2. The number of sulfonamides is 1. The van der Waals surface area contributed by atoms with Crippen LogP contribution in [0.5, 0.6) is 0 Å². The van der Waals surface area contributed by atoms with E-state index in [1.807, 2.05) is 25.1 Å². The Bertz CT molecular complexity index is 641. The Balaban J connectivity index is 1.54. The largest absolute Gasteiger partial charge is 0.372 e. The molecule has 0 amide bonds. The lowest BCUT2D eigenvalue weighted by Crippen LogP contribution is -2.67. The van der Waals surface area contributed by atoms with Crippen molar-refractivity contribution in [3.8, 4) is 0 Å². The zero-order valence-corrected chi connectivity index (χ0v) is 13.8. The van der Waals surface area contributed by atoms with Gasteiger partial charge in [-0.15, -0.1) is 0 Å². The van der Waals surface area contributed by atoms with E-state index in [0.29, 0.717) is 26.3 Å². The molecule has 3 heterocycles. The van der Waals surface area contributed by atoms with Crippen molar-refractivity contribution in [2.45, 2.75) is 38.1 Å². The molecule has 1 aromatic heterocycles. The van der Waals surface area contributed by atoms with Crippen LogP contribution in [0, 0.1) is 6.92 Å². The Labute approximate surface area is 131 Å². The molecular weight excluding hydrogens is 304 g/mol. The lowest BCUT2D eigenvalue weighted by molar-refractivity contribution is -0.180. The predicted molar refractivity (Wildman–Crippen MR) is 81.9 cm³/mol. The Morgan fingerprint density at radius 2 is 2.23 bits per heavy atom. The van der Waals surface area contributed by atoms with Crippen molar-refractivity contribution in [3.05, 3.63) is 29.6 Å². The third-order valence-electron chi connectivity index (χ3n) is 4.26. The number of pyridine rings is 1. The number of rotatable bonds is 4. The quantitative estimate of drug-likeness (QED) is 0.829. The average Bonchev–Trinajstić information content (AvgIpc) is 2.42. The molecular formula is C15H22N2O4S. The summed E-state index contributed by atoms with van der Waals surface area (Å²) in [4.78, 5) is 4.43. The van der Waals surface area contributed by atoms with Crippen LogP contribution in [0.3, 0.4) is 0 Å². The topological polar surface area (TPSA) is 68.7 Å². The van der Waals surface area contributed by atoms with Crippen molar-refractivity contribution < 1.29 is 17.9 Å². The number of hydrogen-bond acceptors (Lipinski definition) is 5. The van der Waals surface area contributed by atoms with Crippen molar-refractivity contribution >= 4 is 10.0 Å². The second-order valence-electron chi connectivity index (χ2n) is 6.26. The lowest BCUT2D eigenvalue weighted by atomic mass is 9.86. The van der Waals surface area contributed by atoms with Crippen LogP contribution in [0.25, 0.3) is 0 Å². The summed E-state index contributed by atoms with van der Waals surface area (Å²) in [5.74, 6) is 0. The van der Waals surface area contributed by atoms with Crippen LogP contribution in [0.2, 0.25) is 0 Å². The zero-order chi connectivity index (χ0) is 15.8. The fourth-order valence-electron chi connectivity index (χ4n) is 3.06. The molecule has 0 aliphatic carbocycles. The van der Waals surface area contributed by atoms with E-state index < -0.39 is 10.0 Å². The highest BCUT2D eigenvalue weighted by Crippen LogP contribution is 2.36. The Morgan fingerprint density at radius 3 is 2.91 bits per heavy atom. The standard InChI is InChI=1S/C15H22N2O4S/c1-12-4-3-5-13(16-12)9-20-14-6-7-21-15(8-14)10-17(11-15)22(2,18)19/h3-5,14H,6-11H2,1-2H3/t14-/m0/s1. The average molecular weight is 326 g/mol. The lowest BCUT2D eigenvalue weighted by Gasteiger charge is -2.51. The van der Waals surface area contributed by atoms with E-state index in [1.54, 1.807) is 0 Å². The van der Waals surface area contributed by atoms with E-state index in [4.69, 9.17) is 9.47 Å². The van der Waals surface area contributed by atoms with Gasteiger partial charge in [-0.05, 0) is 25.5 Å². The first-order chi connectivity index (χ1) is 10.4. The van der Waals surface area contributed by atoms with Gasteiger partial charge in [0.2, 0.25) is 10.0 Å². The molecule has 122 valence electrons. The van der Waals surface area contributed by atoms with Gasteiger partial charge in [-0.2, -0.15) is 4.31 Å². The highest BCUT2D eigenvalue weighted by atomic mass is 32.2. The minimum atomic E-state index is -3.12. The summed E-state index contributed by atoms with van der Waals surface area (Å²) in [5, 5.41) is 0. The Morgan fingerprint density at radius 1 is 1.45 bits per heavy atom. The van der Waals surface area contributed by atoms with Gasteiger partial charge < -0.3 is 9.47 Å². The molecule has 2 fully saturated rings. The van der Waals surface area contributed by atoms with E-state index in [-0.39, 0.29) is 11.7 Å². The molecule has 6 nitrogen and oxygen atoms in total. The molecule has 3 rings (SSSR count). The van der Waals surface area contributed by atoms with Gasteiger partial charge in [0.1, 0.15) is 0 Å². The summed E-state index contributed by atoms with van der Waals surface area (Å²) >= 11 is 0. The van der Waals surface area contributed by atoms with E-state index in [2.05, 4.69) is 4.98 Å². The molecule has 2 aliphatic rings. The molecule has 2 aliphatic heterocycles. The molecule has 2 saturated heterocycles. The fraction of sp³-hybridized carbons (Fsp3) is 0.667. The molecule has 0 saturated carbocycles. The summed E-state index contributed by atoms with van der Waals surface area (Å²) in [6.45, 7) is 3.94. The van der Waals surface area contributed by atoms with E-state index >= 15 is 0 Å². The van der Waals surface area contributed by atoms with Crippen molar-refractivity contribution in [1.29, 1.82) is 0 Å². The normalized spacial score (nSPS) is 25.1. The third kappa shape index (κ3) is 3.48. The maximum atomic E-state index is 11.5. The van der Waals surface area contributed by atoms with Gasteiger partial charge in [0, 0.05) is 31.8 Å². The first kappa shape index (κ1) is 15.9. The summed E-state index contributed by atoms with van der Waals surface area (Å²) < 4.78 is 36.2. The van der Waals surface area contributed by atoms with Gasteiger partial charge in [0.15, 0.2) is 0 Å². The second-order valence-corrected chi connectivity index (χ2v) is 8.24. The molecule has 22 heavy (non-hydrogen) atoms. The van der Waals surface area contributed by atoms with Crippen LogP contribution < -0.4 is 0 Å². The van der Waals surface area contributed by atoms with Crippen LogP contribution in [0.1, 0.15) is 24.2 Å². The number of nitrogens with zero attached hydrogens (tertiary/aromatic N) is 2. The number of aryl methyl sites for hydroxylation is 1. The molecule has 0 aromatic carbocycles. The van der Waals surface area contributed by atoms with E-state index in [1.165, 1.54) is 10.6 Å². The molecule has 0 N–H and O–H groups in total. The highest BCUT2D eigenvalue weighted by Gasteiger charge is 2.50. The van der Waals surface area contributed by atoms with Crippen molar-refractivity contribution in [2.24, 2.45) is 0 Å². The van der Waals surface area contributed by atoms with Crippen LogP contribution in [0.15, 0.2) is 18.2 Å². The smallest absolute Gasteiger partial charge is 0.211 e. The van der Waals surface area contributed by atoms with Crippen LogP contribution in [-0.4, -0.2) is 55.4 Å². The summed E-state index contributed by atoms with van der Waals surface area (Å²) in [7, 11) is -3.12. The molecule has 0 bridgehead atoms. The van der Waals surface area contributed by atoms with Gasteiger partial charge in [-0.3, -0.25) is 4.98 Å². The third-order valence-corrected chi connectivity index (χ3v) is 5.45. The summed E-state index contributed by atoms with van der Waals surface area (Å²) in [6, 6.07) is 5.89. The minimum Gasteiger partial charge on any atom is -0.372 e. The van der Waals surface area contributed by atoms with E-state index in [9.17, 15) is 8.42 Å².